The average Bonchev–Trinajstić information content (AvgIpc) is 2.74. The van der Waals surface area contributed by atoms with Crippen LogP contribution in [0.15, 0.2) is 0 Å². The van der Waals surface area contributed by atoms with E-state index in [1.54, 1.807) is 6.92 Å². The van der Waals surface area contributed by atoms with Gasteiger partial charge in [-0.25, -0.2) is 4.98 Å². The highest BCUT2D eigenvalue weighted by Gasteiger charge is 2.52. The summed E-state index contributed by atoms with van der Waals surface area (Å²) in [7, 11) is 2.06. The van der Waals surface area contributed by atoms with Gasteiger partial charge in [0, 0.05) is 32.3 Å². The highest BCUT2D eigenvalue weighted by Crippen LogP contribution is 2.39. The molecule has 1 spiro atoms. The minimum atomic E-state index is -1.05. The van der Waals surface area contributed by atoms with E-state index >= 15 is 0 Å². The van der Waals surface area contributed by atoms with Crippen LogP contribution < -0.4 is 0 Å². The second-order valence-corrected chi connectivity index (χ2v) is 7.46. The number of aromatic nitrogens is 2. The van der Waals surface area contributed by atoms with Crippen LogP contribution in [0.2, 0.25) is 0 Å². The topological polar surface area (TPSA) is 70.8 Å². The molecule has 0 radical (unpaired) electrons. The number of aryl methyl sites for hydroxylation is 1. The van der Waals surface area contributed by atoms with Gasteiger partial charge in [-0.3, -0.25) is 4.90 Å². The molecule has 2 atom stereocenters. The zero-order chi connectivity index (χ0) is 16.8. The molecule has 0 amide bonds. The van der Waals surface area contributed by atoms with E-state index in [4.69, 9.17) is 4.74 Å². The maximum atomic E-state index is 10.6. The summed E-state index contributed by atoms with van der Waals surface area (Å²) in [6.45, 7) is 8.86. The van der Waals surface area contributed by atoms with Crippen molar-refractivity contribution in [3.05, 3.63) is 17.2 Å². The summed E-state index contributed by atoms with van der Waals surface area (Å²) in [6, 6.07) is 0. The van der Waals surface area contributed by atoms with E-state index < -0.39 is 17.3 Å². The summed E-state index contributed by atoms with van der Waals surface area (Å²) in [5.41, 5.74) is 0.647. The first-order valence-corrected chi connectivity index (χ1v) is 8.51. The summed E-state index contributed by atoms with van der Waals surface area (Å²) in [5.74, 6) is 1.08. The minimum Gasteiger partial charge on any atom is -0.387 e. The molecule has 2 fully saturated rings. The van der Waals surface area contributed by atoms with Gasteiger partial charge in [0.2, 0.25) is 0 Å². The first-order valence-electron chi connectivity index (χ1n) is 8.51. The fraction of sp³-hybridized carbons (Fsp3) is 0.824. The zero-order valence-corrected chi connectivity index (χ0v) is 14.7. The summed E-state index contributed by atoms with van der Waals surface area (Å²) in [4.78, 5) is 7.00. The molecule has 130 valence electrons. The molecule has 0 aliphatic carbocycles. The second-order valence-electron chi connectivity index (χ2n) is 7.46. The van der Waals surface area contributed by atoms with Gasteiger partial charge in [0.1, 0.15) is 11.9 Å². The molecular formula is C17H29N3O3. The van der Waals surface area contributed by atoms with Gasteiger partial charge in [-0.05, 0) is 33.6 Å². The molecule has 3 rings (SSSR count). The Hall–Kier alpha value is -0.950. The Morgan fingerprint density at radius 3 is 2.48 bits per heavy atom. The molecule has 3 heterocycles. The van der Waals surface area contributed by atoms with Crippen LogP contribution in [0.25, 0.3) is 0 Å². The third kappa shape index (κ3) is 2.93. The molecule has 2 N–H and O–H groups in total. The maximum absolute atomic E-state index is 10.6. The number of likely N-dealkylation sites (tertiary alicyclic amines) is 1. The van der Waals surface area contributed by atoms with E-state index in [9.17, 15) is 10.2 Å². The monoisotopic (exact) mass is 323 g/mol. The Morgan fingerprint density at radius 1 is 1.26 bits per heavy atom. The van der Waals surface area contributed by atoms with Crippen molar-refractivity contribution in [1.29, 1.82) is 0 Å². The van der Waals surface area contributed by atoms with Gasteiger partial charge < -0.3 is 19.5 Å². The van der Waals surface area contributed by atoms with Gasteiger partial charge in [0.05, 0.1) is 30.0 Å². The standard InChI is InChI=1S/C17H29N3O3/c1-12-13(2)19(4)14(18-12)11-20-8-5-17(6-9-20)15(21)16(3,22)7-10-23-17/h15,21-22H,5-11H2,1-4H3/t15-,16+/m0/s1. The number of rotatable bonds is 2. The fourth-order valence-corrected chi connectivity index (χ4v) is 3.88. The van der Waals surface area contributed by atoms with E-state index in [1.807, 2.05) is 6.92 Å². The smallest absolute Gasteiger partial charge is 0.123 e. The van der Waals surface area contributed by atoms with Crippen LogP contribution in [0, 0.1) is 13.8 Å². The second kappa shape index (κ2) is 5.84. The van der Waals surface area contributed by atoms with Crippen LogP contribution in [-0.4, -0.2) is 61.7 Å². The molecule has 2 aliphatic rings. The summed E-state index contributed by atoms with van der Waals surface area (Å²) >= 11 is 0. The Labute approximate surface area is 138 Å². The lowest BCUT2D eigenvalue weighted by molar-refractivity contribution is -0.246. The highest BCUT2D eigenvalue weighted by molar-refractivity contribution is 5.14. The number of imidazole rings is 1. The summed E-state index contributed by atoms with van der Waals surface area (Å²) < 4.78 is 8.09. The van der Waals surface area contributed by atoms with E-state index in [1.165, 1.54) is 5.69 Å². The molecule has 6 heteroatoms. The van der Waals surface area contributed by atoms with E-state index in [0.29, 0.717) is 13.0 Å². The third-order valence-electron chi connectivity index (χ3n) is 5.86. The summed E-state index contributed by atoms with van der Waals surface area (Å²) in [6.07, 6.45) is 1.16. The molecule has 2 aliphatic heterocycles. The SMILES string of the molecule is Cc1nc(CN2CCC3(CC2)OCC[C@@](C)(O)[C@@H]3O)n(C)c1C. The first-order chi connectivity index (χ1) is 10.8. The predicted octanol–water partition coefficient (Wildman–Crippen LogP) is 0.904. The lowest BCUT2D eigenvalue weighted by Gasteiger charge is -2.51. The summed E-state index contributed by atoms with van der Waals surface area (Å²) in [5, 5.41) is 20.9. The van der Waals surface area contributed by atoms with Crippen LogP contribution in [0.1, 0.15) is 43.4 Å². The van der Waals surface area contributed by atoms with Gasteiger partial charge in [-0.15, -0.1) is 0 Å². The third-order valence-corrected chi connectivity index (χ3v) is 5.86. The number of aliphatic hydroxyl groups excluding tert-OH is 1. The molecule has 1 aromatic heterocycles. The molecule has 0 aromatic carbocycles. The van der Waals surface area contributed by atoms with Crippen LogP contribution in [0.3, 0.4) is 0 Å². The Morgan fingerprint density at radius 2 is 1.91 bits per heavy atom. The molecule has 0 unspecified atom stereocenters. The van der Waals surface area contributed by atoms with Crippen LogP contribution in [-0.2, 0) is 18.3 Å². The van der Waals surface area contributed by atoms with E-state index in [-0.39, 0.29) is 0 Å². The first kappa shape index (κ1) is 16.9. The fourth-order valence-electron chi connectivity index (χ4n) is 3.88. The van der Waals surface area contributed by atoms with Crippen LogP contribution in [0.5, 0.6) is 0 Å². The number of aliphatic hydroxyl groups is 2. The van der Waals surface area contributed by atoms with Gasteiger partial charge in [-0.2, -0.15) is 0 Å². The molecular weight excluding hydrogens is 294 g/mol. The number of piperidine rings is 1. The van der Waals surface area contributed by atoms with Crippen molar-refractivity contribution in [1.82, 2.24) is 14.5 Å². The molecule has 2 saturated heterocycles. The van der Waals surface area contributed by atoms with Crippen LogP contribution in [0.4, 0.5) is 0 Å². The van der Waals surface area contributed by atoms with E-state index in [2.05, 4.69) is 28.4 Å². The number of ether oxygens (including phenoxy) is 1. The Bertz CT molecular complexity index is 574. The van der Waals surface area contributed by atoms with Crippen molar-refractivity contribution in [2.24, 2.45) is 7.05 Å². The van der Waals surface area contributed by atoms with Crippen LogP contribution >= 0.6 is 0 Å². The Balaban J connectivity index is 1.65. The van der Waals surface area contributed by atoms with Crippen molar-refractivity contribution in [3.8, 4) is 0 Å². The number of hydrogen-bond acceptors (Lipinski definition) is 5. The number of nitrogens with zero attached hydrogens (tertiary/aromatic N) is 3. The van der Waals surface area contributed by atoms with Gasteiger partial charge in [0.15, 0.2) is 0 Å². The number of hydrogen-bond donors (Lipinski definition) is 2. The van der Waals surface area contributed by atoms with Gasteiger partial charge in [0.25, 0.3) is 0 Å². The van der Waals surface area contributed by atoms with Crippen molar-refractivity contribution in [2.75, 3.05) is 19.7 Å². The molecule has 0 saturated carbocycles. The lowest BCUT2D eigenvalue weighted by Crippen LogP contribution is -2.64. The molecule has 23 heavy (non-hydrogen) atoms. The normalized spacial score (nSPS) is 31.7. The largest absolute Gasteiger partial charge is 0.387 e. The van der Waals surface area contributed by atoms with Crippen molar-refractivity contribution >= 4 is 0 Å². The van der Waals surface area contributed by atoms with E-state index in [0.717, 1.165) is 44.0 Å². The van der Waals surface area contributed by atoms with Crippen molar-refractivity contribution in [3.63, 3.8) is 0 Å². The minimum absolute atomic E-state index is 0.492. The quantitative estimate of drug-likeness (QED) is 0.846. The van der Waals surface area contributed by atoms with Gasteiger partial charge >= 0.3 is 0 Å². The predicted molar refractivity (Wildman–Crippen MR) is 87.1 cm³/mol. The molecule has 6 nitrogen and oxygen atoms in total. The lowest BCUT2D eigenvalue weighted by atomic mass is 9.75. The zero-order valence-electron chi connectivity index (χ0n) is 14.7. The highest BCUT2D eigenvalue weighted by atomic mass is 16.5. The average molecular weight is 323 g/mol. The van der Waals surface area contributed by atoms with Gasteiger partial charge in [-0.1, -0.05) is 0 Å². The maximum Gasteiger partial charge on any atom is 0.123 e. The van der Waals surface area contributed by atoms with Crippen molar-refractivity contribution < 1.29 is 14.9 Å². The molecule has 0 bridgehead atoms. The van der Waals surface area contributed by atoms with Crippen molar-refractivity contribution in [2.45, 2.75) is 63.9 Å². The Kier molecular flexibility index (Phi) is 4.29. The molecule has 1 aromatic rings.